The van der Waals surface area contributed by atoms with Gasteiger partial charge in [-0.1, -0.05) is 91.0 Å². The summed E-state index contributed by atoms with van der Waals surface area (Å²) in [5.74, 6) is -2.65. The van der Waals surface area contributed by atoms with Crippen molar-refractivity contribution in [2.45, 2.75) is 45.0 Å². The minimum absolute atomic E-state index is 0.122. The van der Waals surface area contributed by atoms with E-state index >= 15 is 0 Å². The van der Waals surface area contributed by atoms with Gasteiger partial charge in [0, 0.05) is 17.3 Å². The van der Waals surface area contributed by atoms with E-state index in [1.165, 1.54) is 15.6 Å². The monoisotopic (exact) mass is 713 g/mol. The number of fused-ring (bicyclic) bond motifs is 1. The van der Waals surface area contributed by atoms with E-state index in [9.17, 15) is 24.3 Å². The van der Waals surface area contributed by atoms with Crippen molar-refractivity contribution in [3.05, 3.63) is 150 Å². The van der Waals surface area contributed by atoms with Crippen molar-refractivity contribution in [3.8, 4) is 0 Å². The lowest BCUT2D eigenvalue weighted by molar-refractivity contribution is -0.145. The third kappa shape index (κ3) is 7.78. The number of rotatable bonds is 12. The lowest BCUT2D eigenvalue weighted by atomic mass is 9.77. The van der Waals surface area contributed by atoms with Crippen LogP contribution in [0.5, 0.6) is 0 Å². The first kappa shape index (κ1) is 36.0. The van der Waals surface area contributed by atoms with Gasteiger partial charge in [-0.25, -0.2) is 9.78 Å². The van der Waals surface area contributed by atoms with Gasteiger partial charge in [-0.05, 0) is 55.7 Å². The van der Waals surface area contributed by atoms with E-state index in [-0.39, 0.29) is 12.2 Å². The Morgan fingerprint density at radius 3 is 1.92 bits per heavy atom. The van der Waals surface area contributed by atoms with Gasteiger partial charge >= 0.3 is 12.1 Å². The number of nitrogens with one attached hydrogen (secondary N) is 1. The van der Waals surface area contributed by atoms with Crippen LogP contribution < -0.4 is 11.1 Å². The minimum atomic E-state index is -1.22. The van der Waals surface area contributed by atoms with Crippen molar-refractivity contribution in [3.63, 3.8) is 0 Å². The first-order chi connectivity index (χ1) is 25.3. The van der Waals surface area contributed by atoms with Gasteiger partial charge in [-0.15, -0.1) is 0 Å². The molecule has 6 aromatic rings. The second kappa shape index (κ2) is 14.8. The standard InChI is InChI=1S/C40H39N7O6/c1-39(2,3)53-38(52)43-30-19-20-33-32(21-30)36(37(41)51)44-47(33)24-34(48)45(25-35(49)50)22-31-23-46(26-42-31)40(27-13-7-4-8-14-27,28-15-9-5-10-16-28)29-17-11-6-12-18-29/h4-21,23,26H,22,24-25H2,1-3H3,(H2,41,51)(H,43,52)(H,49,50). The summed E-state index contributed by atoms with van der Waals surface area (Å²) in [5, 5.41) is 17.0. The van der Waals surface area contributed by atoms with Gasteiger partial charge in [0.05, 0.1) is 24.1 Å². The number of primary amides is 1. The molecule has 13 nitrogen and oxygen atoms in total. The molecule has 4 aromatic carbocycles. The van der Waals surface area contributed by atoms with Crippen molar-refractivity contribution in [2.24, 2.45) is 5.73 Å². The molecule has 3 amide bonds. The Labute approximate surface area is 305 Å². The second-order valence-electron chi connectivity index (χ2n) is 13.5. The van der Waals surface area contributed by atoms with Gasteiger partial charge in [0.25, 0.3) is 5.91 Å². The number of imidazole rings is 1. The Balaban J connectivity index is 1.33. The van der Waals surface area contributed by atoms with Crippen LogP contribution in [0.4, 0.5) is 10.5 Å². The van der Waals surface area contributed by atoms with Gasteiger partial charge in [-0.3, -0.25) is 24.4 Å². The fourth-order valence-electron chi connectivity index (χ4n) is 6.41. The molecule has 2 aromatic heterocycles. The van der Waals surface area contributed by atoms with E-state index in [0.717, 1.165) is 16.7 Å². The smallest absolute Gasteiger partial charge is 0.412 e. The number of carbonyl (C=O) groups excluding carboxylic acids is 3. The average Bonchev–Trinajstić information content (AvgIpc) is 3.73. The van der Waals surface area contributed by atoms with E-state index in [1.54, 1.807) is 39.2 Å². The molecule has 0 saturated heterocycles. The fraction of sp³-hybridized carbons (Fsp3) is 0.200. The van der Waals surface area contributed by atoms with Crippen LogP contribution >= 0.6 is 0 Å². The lowest BCUT2D eigenvalue weighted by Gasteiger charge is -2.37. The highest BCUT2D eigenvalue weighted by Gasteiger charge is 2.38. The molecule has 13 heteroatoms. The molecule has 270 valence electrons. The van der Waals surface area contributed by atoms with Crippen molar-refractivity contribution in [1.82, 2.24) is 24.2 Å². The average molecular weight is 714 g/mol. The van der Waals surface area contributed by atoms with Crippen molar-refractivity contribution >= 4 is 40.5 Å². The molecular weight excluding hydrogens is 674 g/mol. The number of nitrogens with two attached hydrogens (primary N) is 1. The fourth-order valence-corrected chi connectivity index (χ4v) is 6.41. The molecule has 0 aliphatic heterocycles. The number of benzene rings is 4. The van der Waals surface area contributed by atoms with Crippen LogP contribution in [0.3, 0.4) is 0 Å². The number of aliphatic carboxylic acids is 1. The number of carboxylic acid groups (broad SMARTS) is 1. The van der Waals surface area contributed by atoms with E-state index in [2.05, 4.69) is 15.4 Å². The molecule has 6 rings (SSSR count). The number of amides is 3. The molecule has 0 aliphatic carbocycles. The first-order valence-corrected chi connectivity index (χ1v) is 16.8. The number of carbonyl (C=O) groups is 4. The summed E-state index contributed by atoms with van der Waals surface area (Å²) in [6.07, 6.45) is 2.82. The van der Waals surface area contributed by atoms with Gasteiger partial charge in [0.2, 0.25) is 5.91 Å². The maximum Gasteiger partial charge on any atom is 0.412 e. The topological polar surface area (TPSA) is 175 Å². The maximum absolute atomic E-state index is 13.9. The molecule has 0 fully saturated rings. The molecule has 4 N–H and O–H groups in total. The Bertz CT molecular complexity index is 2160. The summed E-state index contributed by atoms with van der Waals surface area (Å²) in [5.41, 5.74) is 8.00. The van der Waals surface area contributed by atoms with Crippen LogP contribution in [0.15, 0.2) is 122 Å². The summed E-state index contributed by atoms with van der Waals surface area (Å²) in [7, 11) is 0. The van der Waals surface area contributed by atoms with Crippen LogP contribution in [-0.4, -0.2) is 65.4 Å². The SMILES string of the molecule is CC(C)(C)OC(=O)Nc1ccc2c(c1)c(C(N)=O)nn2CC(=O)N(CC(=O)O)Cc1cn(C(c2ccccc2)(c2ccccc2)c2ccccc2)cn1. The molecule has 2 heterocycles. The van der Waals surface area contributed by atoms with Crippen LogP contribution in [0.1, 0.15) is 53.6 Å². The zero-order valence-electron chi connectivity index (χ0n) is 29.5. The Hall–Kier alpha value is -6.76. The van der Waals surface area contributed by atoms with Crippen molar-refractivity contribution < 1.29 is 29.0 Å². The van der Waals surface area contributed by atoms with Crippen LogP contribution in [0.25, 0.3) is 10.9 Å². The highest BCUT2D eigenvalue weighted by Crippen LogP contribution is 2.40. The van der Waals surface area contributed by atoms with Crippen LogP contribution in [-0.2, 0) is 33.0 Å². The quantitative estimate of drug-likeness (QED) is 0.137. The summed E-state index contributed by atoms with van der Waals surface area (Å²) in [6, 6.07) is 34.6. The zero-order chi connectivity index (χ0) is 37.8. The Kier molecular flexibility index (Phi) is 10.1. The van der Waals surface area contributed by atoms with Crippen LogP contribution in [0, 0.1) is 0 Å². The van der Waals surface area contributed by atoms with E-state index in [4.69, 9.17) is 10.5 Å². The summed E-state index contributed by atoms with van der Waals surface area (Å²) in [6.45, 7) is 4.05. The number of nitrogens with zero attached hydrogens (tertiary/aromatic N) is 5. The Morgan fingerprint density at radius 1 is 0.849 bits per heavy atom. The first-order valence-electron chi connectivity index (χ1n) is 16.8. The van der Waals surface area contributed by atoms with Gasteiger partial charge < -0.3 is 25.0 Å². The minimum Gasteiger partial charge on any atom is -0.480 e. The summed E-state index contributed by atoms with van der Waals surface area (Å²) < 4.78 is 8.58. The molecule has 0 bridgehead atoms. The molecule has 0 unspecified atom stereocenters. The summed E-state index contributed by atoms with van der Waals surface area (Å²) in [4.78, 5) is 56.5. The third-order valence-corrected chi connectivity index (χ3v) is 8.54. The van der Waals surface area contributed by atoms with Gasteiger partial charge in [0.1, 0.15) is 24.2 Å². The molecule has 0 spiro atoms. The highest BCUT2D eigenvalue weighted by atomic mass is 16.6. The van der Waals surface area contributed by atoms with Crippen molar-refractivity contribution in [2.75, 3.05) is 11.9 Å². The number of ether oxygens (including phenoxy) is 1. The predicted molar refractivity (Wildman–Crippen MR) is 198 cm³/mol. The number of anilines is 1. The maximum atomic E-state index is 13.9. The zero-order valence-corrected chi connectivity index (χ0v) is 29.5. The predicted octanol–water partition coefficient (Wildman–Crippen LogP) is 5.63. The van der Waals surface area contributed by atoms with E-state index in [1.807, 2.05) is 102 Å². The number of carboxylic acids is 1. The van der Waals surface area contributed by atoms with Gasteiger partial charge in [0.15, 0.2) is 5.69 Å². The molecule has 0 radical (unpaired) electrons. The van der Waals surface area contributed by atoms with Gasteiger partial charge in [-0.2, -0.15) is 5.10 Å². The molecular formula is C40H39N7O6. The summed E-state index contributed by atoms with van der Waals surface area (Å²) >= 11 is 0. The van der Waals surface area contributed by atoms with Crippen LogP contribution in [0.2, 0.25) is 0 Å². The number of hydrogen-bond donors (Lipinski definition) is 3. The molecule has 53 heavy (non-hydrogen) atoms. The molecule has 0 atom stereocenters. The van der Waals surface area contributed by atoms with Crippen molar-refractivity contribution in [1.29, 1.82) is 0 Å². The highest BCUT2D eigenvalue weighted by molar-refractivity contribution is 6.05. The Morgan fingerprint density at radius 2 is 1.42 bits per heavy atom. The van der Waals surface area contributed by atoms with E-state index < -0.39 is 48.1 Å². The normalized spacial score (nSPS) is 11.6. The molecule has 0 aliphatic rings. The number of aromatic nitrogens is 4. The molecule has 0 saturated carbocycles. The largest absolute Gasteiger partial charge is 0.480 e. The third-order valence-electron chi connectivity index (χ3n) is 8.54. The number of hydrogen-bond acceptors (Lipinski definition) is 7. The van der Waals surface area contributed by atoms with E-state index in [0.29, 0.717) is 22.3 Å². The second-order valence-corrected chi connectivity index (χ2v) is 13.5. The lowest BCUT2D eigenvalue weighted by Crippen LogP contribution is -2.38.